The average molecular weight is 573 g/mol. The summed E-state index contributed by atoms with van der Waals surface area (Å²) < 4.78 is 79.2. The summed E-state index contributed by atoms with van der Waals surface area (Å²) in [4.78, 5) is 46.0. The summed E-state index contributed by atoms with van der Waals surface area (Å²) in [6.45, 7) is 7.16. The third kappa shape index (κ3) is 7.02. The van der Waals surface area contributed by atoms with Gasteiger partial charge in [-0.2, -0.15) is 13.2 Å². The van der Waals surface area contributed by atoms with Crippen molar-refractivity contribution < 1.29 is 45.8 Å². The van der Waals surface area contributed by atoms with Crippen LogP contribution in [0.4, 0.5) is 26.7 Å². The molecular formula is C26H29F5N4O5. The van der Waals surface area contributed by atoms with E-state index in [0.717, 1.165) is 29.4 Å². The van der Waals surface area contributed by atoms with Gasteiger partial charge >= 0.3 is 18.2 Å². The van der Waals surface area contributed by atoms with Gasteiger partial charge in [-0.1, -0.05) is 0 Å². The number of carbonyl (C=O) groups is 3. The molecule has 0 spiro atoms. The normalized spacial score (nSPS) is 19.4. The average Bonchev–Trinajstić information content (AvgIpc) is 3.15. The van der Waals surface area contributed by atoms with Gasteiger partial charge in [0.05, 0.1) is 30.1 Å². The van der Waals surface area contributed by atoms with Crippen LogP contribution in [0, 0.1) is 5.82 Å². The minimum absolute atomic E-state index is 0.0360. The fourth-order valence-corrected chi connectivity index (χ4v) is 4.09. The Hall–Kier alpha value is -3.84. The van der Waals surface area contributed by atoms with Gasteiger partial charge < -0.3 is 14.8 Å². The van der Waals surface area contributed by atoms with Gasteiger partial charge in [-0.25, -0.2) is 18.4 Å². The van der Waals surface area contributed by atoms with Crippen molar-refractivity contribution in [1.82, 2.24) is 20.2 Å². The second kappa shape index (κ2) is 11.7. The number of rotatable bonds is 6. The topological polar surface area (TPSA) is 111 Å². The van der Waals surface area contributed by atoms with Crippen LogP contribution in [0.3, 0.4) is 0 Å². The van der Waals surface area contributed by atoms with Crippen molar-refractivity contribution in [2.75, 3.05) is 6.61 Å². The lowest BCUT2D eigenvalue weighted by atomic mass is 10.1. The smallest absolute Gasteiger partial charge is 0.434 e. The van der Waals surface area contributed by atoms with Gasteiger partial charge in [0, 0.05) is 30.3 Å². The van der Waals surface area contributed by atoms with Crippen LogP contribution in [0.1, 0.15) is 62.7 Å². The van der Waals surface area contributed by atoms with E-state index in [1.54, 1.807) is 20.8 Å². The zero-order valence-corrected chi connectivity index (χ0v) is 22.4. The van der Waals surface area contributed by atoms with Gasteiger partial charge in [0.2, 0.25) is 5.91 Å². The number of carbonyl (C=O) groups excluding carboxylic acids is 3. The Morgan fingerprint density at radius 3 is 2.40 bits per heavy atom. The quantitative estimate of drug-likeness (QED) is 0.390. The van der Waals surface area contributed by atoms with E-state index in [9.17, 15) is 36.3 Å². The number of likely N-dealkylation sites (tertiary alicyclic amines) is 1. The Balaban J connectivity index is 1.84. The summed E-state index contributed by atoms with van der Waals surface area (Å²) in [7, 11) is 0. The molecule has 1 fully saturated rings. The molecule has 2 aromatic heterocycles. The predicted octanol–water partition coefficient (Wildman–Crippen LogP) is 4.83. The molecule has 3 heterocycles. The molecule has 218 valence electrons. The molecule has 3 atom stereocenters. The molecule has 0 bridgehead atoms. The van der Waals surface area contributed by atoms with Crippen LogP contribution >= 0.6 is 0 Å². The lowest BCUT2D eigenvalue weighted by Crippen LogP contribution is -2.50. The van der Waals surface area contributed by atoms with Crippen molar-refractivity contribution in [3.63, 3.8) is 0 Å². The first-order chi connectivity index (χ1) is 18.5. The largest absolute Gasteiger partial charge is 0.462 e. The molecule has 9 nitrogen and oxygen atoms in total. The van der Waals surface area contributed by atoms with Crippen LogP contribution in [0.15, 0.2) is 24.5 Å². The van der Waals surface area contributed by atoms with E-state index in [-0.39, 0.29) is 29.8 Å². The maximum absolute atomic E-state index is 14.6. The van der Waals surface area contributed by atoms with Crippen LogP contribution in [-0.2, 0) is 27.0 Å². The molecule has 14 heteroatoms. The van der Waals surface area contributed by atoms with E-state index >= 15 is 0 Å². The Kier molecular flexibility index (Phi) is 9.00. The van der Waals surface area contributed by atoms with Crippen LogP contribution in [0.5, 0.6) is 0 Å². The van der Waals surface area contributed by atoms with Crippen molar-refractivity contribution >= 4 is 18.0 Å². The van der Waals surface area contributed by atoms with Crippen molar-refractivity contribution in [2.24, 2.45) is 0 Å². The Morgan fingerprint density at radius 2 is 1.80 bits per heavy atom. The van der Waals surface area contributed by atoms with E-state index in [4.69, 9.17) is 9.47 Å². The second-order valence-corrected chi connectivity index (χ2v) is 10.1. The molecule has 3 rings (SSSR count). The van der Waals surface area contributed by atoms with Crippen molar-refractivity contribution in [2.45, 2.75) is 77.6 Å². The number of hydrogen-bond acceptors (Lipinski definition) is 7. The first kappa shape index (κ1) is 30.7. The Bertz CT molecular complexity index is 1280. The summed E-state index contributed by atoms with van der Waals surface area (Å²) >= 11 is 0. The number of ether oxygens (including phenoxy) is 2. The van der Waals surface area contributed by atoms with Crippen LogP contribution < -0.4 is 5.32 Å². The predicted molar refractivity (Wildman–Crippen MR) is 131 cm³/mol. The maximum atomic E-state index is 14.6. The minimum Gasteiger partial charge on any atom is -0.462 e. The van der Waals surface area contributed by atoms with E-state index in [0.29, 0.717) is 0 Å². The number of amides is 2. The lowest BCUT2D eigenvalue weighted by Gasteiger charge is -2.30. The molecule has 0 aliphatic carbocycles. The highest BCUT2D eigenvalue weighted by Crippen LogP contribution is 2.33. The highest BCUT2D eigenvalue weighted by atomic mass is 19.4. The zero-order valence-electron chi connectivity index (χ0n) is 22.4. The number of esters is 1. The molecule has 2 amide bonds. The summed E-state index contributed by atoms with van der Waals surface area (Å²) in [6, 6.07) is -0.0994. The van der Waals surface area contributed by atoms with Crippen LogP contribution in [0.25, 0.3) is 11.3 Å². The number of hydrogen-bond donors (Lipinski definition) is 1. The fraction of sp³-hybridized carbons (Fsp3) is 0.500. The van der Waals surface area contributed by atoms with Gasteiger partial charge in [-0.3, -0.25) is 19.7 Å². The number of nitrogens with one attached hydrogen (secondary N) is 1. The zero-order chi connectivity index (χ0) is 30.0. The maximum Gasteiger partial charge on any atom is 0.434 e. The monoisotopic (exact) mass is 572 g/mol. The van der Waals surface area contributed by atoms with Crippen molar-refractivity contribution in [3.8, 4) is 11.3 Å². The van der Waals surface area contributed by atoms with Crippen molar-refractivity contribution in [1.29, 1.82) is 0 Å². The molecule has 1 saturated heterocycles. The number of aromatic nitrogens is 2. The molecule has 1 aliphatic heterocycles. The van der Waals surface area contributed by atoms with E-state index in [1.807, 2.05) is 0 Å². The molecule has 0 aromatic carbocycles. The number of nitrogens with zero attached hydrogens (tertiary/aromatic N) is 3. The van der Waals surface area contributed by atoms with Gasteiger partial charge in [-0.15, -0.1) is 0 Å². The SMILES string of the molecule is CCOC(=O)c1cc(-c2cc(CNC(=O)[C@@H]3C[C@@H](F)[C@H](C)N3C(=O)OC(C)(C)C)c(F)cn2)cnc1C(F)(F)F. The fourth-order valence-electron chi connectivity index (χ4n) is 4.09. The van der Waals surface area contributed by atoms with E-state index < -0.39 is 71.6 Å². The minimum atomic E-state index is -4.93. The molecule has 0 radical (unpaired) electrons. The number of halogens is 5. The van der Waals surface area contributed by atoms with E-state index in [1.165, 1.54) is 13.8 Å². The van der Waals surface area contributed by atoms with Crippen LogP contribution in [0.2, 0.25) is 0 Å². The van der Waals surface area contributed by atoms with Gasteiger partial charge in [0.1, 0.15) is 23.6 Å². The van der Waals surface area contributed by atoms with Gasteiger partial charge in [0.15, 0.2) is 5.69 Å². The van der Waals surface area contributed by atoms with Crippen molar-refractivity contribution in [3.05, 3.63) is 47.2 Å². The highest BCUT2D eigenvalue weighted by Gasteiger charge is 2.46. The molecule has 2 aromatic rings. The third-order valence-electron chi connectivity index (χ3n) is 5.99. The summed E-state index contributed by atoms with van der Waals surface area (Å²) in [5.74, 6) is -2.84. The summed E-state index contributed by atoms with van der Waals surface area (Å²) in [5, 5.41) is 2.46. The molecule has 1 N–H and O–H groups in total. The van der Waals surface area contributed by atoms with Gasteiger partial charge in [0.25, 0.3) is 0 Å². The standard InChI is InChI=1S/C26H29F5N4O5/c1-6-39-23(37)16-7-15(11-33-21(16)26(29,30)31)19-8-14(18(28)12-32-19)10-34-22(36)20-9-17(27)13(2)35(20)24(38)40-25(3,4)5/h7-8,11-13,17,20H,6,9-10H2,1-5H3,(H,34,36)/t13-,17+,20-/m0/s1. The molecule has 1 aliphatic rings. The Morgan fingerprint density at radius 1 is 1.12 bits per heavy atom. The highest BCUT2D eigenvalue weighted by molar-refractivity contribution is 5.92. The van der Waals surface area contributed by atoms with E-state index in [2.05, 4.69) is 15.3 Å². The Labute approximate surface area is 227 Å². The number of pyridine rings is 2. The summed E-state index contributed by atoms with van der Waals surface area (Å²) in [5.41, 5.74) is -3.36. The second-order valence-electron chi connectivity index (χ2n) is 10.1. The summed E-state index contributed by atoms with van der Waals surface area (Å²) in [6.07, 6.45) is -5.97. The molecule has 0 saturated carbocycles. The molecule has 0 unspecified atom stereocenters. The molecular weight excluding hydrogens is 543 g/mol. The number of alkyl halides is 4. The molecule has 40 heavy (non-hydrogen) atoms. The lowest BCUT2D eigenvalue weighted by molar-refractivity contribution is -0.141. The van der Waals surface area contributed by atoms with Gasteiger partial charge in [-0.05, 0) is 46.8 Å². The first-order valence-electron chi connectivity index (χ1n) is 12.4. The van der Waals surface area contributed by atoms with Crippen LogP contribution in [-0.4, -0.2) is 63.3 Å². The third-order valence-corrected chi connectivity index (χ3v) is 5.99. The first-order valence-corrected chi connectivity index (χ1v) is 12.4.